The molecule has 150 valence electrons. The van der Waals surface area contributed by atoms with Gasteiger partial charge in [0.2, 0.25) is 11.8 Å². The summed E-state index contributed by atoms with van der Waals surface area (Å²) < 4.78 is 7.85. The molecule has 0 radical (unpaired) electrons. The zero-order valence-electron chi connectivity index (χ0n) is 16.1. The van der Waals surface area contributed by atoms with Crippen LogP contribution in [-0.2, 0) is 16.1 Å². The Bertz CT molecular complexity index is 1010. The van der Waals surface area contributed by atoms with Crippen molar-refractivity contribution in [2.75, 3.05) is 23.4 Å². The fraction of sp³-hybridized carbons (Fsp3) is 0.400. The van der Waals surface area contributed by atoms with Crippen LogP contribution < -0.4 is 20.7 Å². The number of hydrogen-bond donors (Lipinski definition) is 2. The van der Waals surface area contributed by atoms with Crippen molar-refractivity contribution in [3.63, 3.8) is 0 Å². The third-order valence-corrected chi connectivity index (χ3v) is 5.25. The highest BCUT2D eigenvalue weighted by molar-refractivity contribution is 5.95. The number of carbonyl (C=O) groups excluding carboxylic acids is 2. The second-order valence-electron chi connectivity index (χ2n) is 7.38. The topological polar surface area (TPSA) is 126 Å². The summed E-state index contributed by atoms with van der Waals surface area (Å²) in [7, 11) is 0. The quantitative estimate of drug-likeness (QED) is 0.791. The Hall–Kier alpha value is -3.54. The average Bonchev–Trinajstić information content (AvgIpc) is 3.21. The highest BCUT2D eigenvalue weighted by Gasteiger charge is 2.33. The molecular weight excluding hydrogens is 372 g/mol. The van der Waals surface area contributed by atoms with Gasteiger partial charge in [-0.15, -0.1) is 0 Å². The number of carbonyl (C=O) groups is 2. The maximum atomic E-state index is 12.4. The molecule has 2 unspecified atom stereocenters. The van der Waals surface area contributed by atoms with Crippen molar-refractivity contribution in [2.24, 2.45) is 11.7 Å². The van der Waals surface area contributed by atoms with E-state index >= 15 is 0 Å². The minimum absolute atomic E-state index is 0.00466. The molecule has 0 spiro atoms. The monoisotopic (exact) mass is 394 g/mol. The van der Waals surface area contributed by atoms with E-state index in [1.165, 1.54) is 0 Å². The van der Waals surface area contributed by atoms with Crippen LogP contribution >= 0.6 is 0 Å². The first kappa shape index (κ1) is 18.8. The lowest BCUT2D eigenvalue weighted by molar-refractivity contribution is -0.118. The summed E-state index contributed by atoms with van der Waals surface area (Å²) in [4.78, 5) is 30.1. The molecule has 2 aliphatic rings. The van der Waals surface area contributed by atoms with E-state index in [9.17, 15) is 9.59 Å². The van der Waals surface area contributed by atoms with Crippen molar-refractivity contribution in [1.82, 2.24) is 9.55 Å². The van der Waals surface area contributed by atoms with Crippen LogP contribution in [0.25, 0.3) is 11.4 Å². The smallest absolute Gasteiger partial charge is 0.239 e. The lowest BCUT2D eigenvalue weighted by Crippen LogP contribution is -2.32. The first-order valence-electron chi connectivity index (χ1n) is 9.54. The van der Waals surface area contributed by atoms with Gasteiger partial charge in [0, 0.05) is 37.3 Å². The van der Waals surface area contributed by atoms with Gasteiger partial charge in [0.05, 0.1) is 18.2 Å². The molecule has 1 aromatic heterocycles. The summed E-state index contributed by atoms with van der Waals surface area (Å²) in [5.74, 6) is 1.57. The Labute approximate surface area is 168 Å². The molecule has 3 heterocycles. The molecular formula is C20H22N6O3. The highest BCUT2D eigenvalue weighted by atomic mass is 16.5. The number of imidazole rings is 1. The molecule has 4 rings (SSSR count). The molecule has 1 aromatic carbocycles. The molecule has 2 aliphatic heterocycles. The second-order valence-corrected chi connectivity index (χ2v) is 7.38. The summed E-state index contributed by atoms with van der Waals surface area (Å²) in [5, 5.41) is 12.0. The Kier molecular flexibility index (Phi) is 4.84. The van der Waals surface area contributed by atoms with Gasteiger partial charge >= 0.3 is 0 Å². The second kappa shape index (κ2) is 7.47. The minimum atomic E-state index is -0.505. The maximum Gasteiger partial charge on any atom is 0.239 e. The van der Waals surface area contributed by atoms with E-state index in [0.29, 0.717) is 44.1 Å². The first-order valence-corrected chi connectivity index (χ1v) is 9.54. The number of amides is 2. The average molecular weight is 394 g/mol. The lowest BCUT2D eigenvalue weighted by Gasteiger charge is -2.14. The summed E-state index contributed by atoms with van der Waals surface area (Å²) in [6, 6.07) is 7.18. The van der Waals surface area contributed by atoms with E-state index in [1.54, 1.807) is 11.8 Å². The van der Waals surface area contributed by atoms with Gasteiger partial charge in [0.25, 0.3) is 0 Å². The number of nitriles is 1. The van der Waals surface area contributed by atoms with E-state index in [-0.39, 0.29) is 11.8 Å². The molecule has 2 amide bonds. The van der Waals surface area contributed by atoms with Crippen molar-refractivity contribution < 1.29 is 14.3 Å². The van der Waals surface area contributed by atoms with Crippen molar-refractivity contribution in [2.45, 2.75) is 32.4 Å². The number of nitrogens with one attached hydrogen (secondary N) is 1. The van der Waals surface area contributed by atoms with E-state index in [4.69, 9.17) is 20.7 Å². The van der Waals surface area contributed by atoms with Gasteiger partial charge in [-0.3, -0.25) is 14.5 Å². The first-order chi connectivity index (χ1) is 14.0. The predicted molar refractivity (Wildman–Crippen MR) is 106 cm³/mol. The number of benzene rings is 1. The Morgan fingerprint density at radius 2 is 2.34 bits per heavy atom. The van der Waals surface area contributed by atoms with Crippen molar-refractivity contribution in [3.8, 4) is 23.2 Å². The van der Waals surface area contributed by atoms with Crippen LogP contribution in [0.15, 0.2) is 24.4 Å². The fourth-order valence-electron chi connectivity index (χ4n) is 3.68. The van der Waals surface area contributed by atoms with E-state index in [1.807, 2.05) is 29.0 Å². The summed E-state index contributed by atoms with van der Waals surface area (Å²) in [6.45, 7) is 3.26. The van der Waals surface area contributed by atoms with E-state index in [0.717, 1.165) is 17.1 Å². The van der Waals surface area contributed by atoms with Crippen molar-refractivity contribution >= 4 is 23.3 Å². The number of aromatic nitrogens is 2. The SMILES string of the molecule is CC(Nc1ccc2c(c1)OCCn1cc(N3CC(CC#N)CC3=O)nc1-2)C(N)=O. The van der Waals surface area contributed by atoms with Crippen LogP contribution in [0.5, 0.6) is 5.75 Å². The molecule has 0 saturated carbocycles. The van der Waals surface area contributed by atoms with Crippen molar-refractivity contribution in [1.29, 1.82) is 5.26 Å². The van der Waals surface area contributed by atoms with Crippen LogP contribution in [0, 0.1) is 17.2 Å². The molecule has 0 aliphatic carbocycles. The van der Waals surface area contributed by atoms with Gasteiger partial charge in [-0.1, -0.05) is 0 Å². The van der Waals surface area contributed by atoms with Crippen LogP contribution in [0.3, 0.4) is 0 Å². The molecule has 9 nitrogen and oxygen atoms in total. The number of nitrogens with two attached hydrogens (primary N) is 1. The number of rotatable bonds is 5. The standard InChI is InChI=1S/C20H22N6O3/c1-12(19(22)28)23-14-2-3-15-16(9-14)29-7-6-25-11-17(24-20(15)25)26-10-13(4-5-21)8-18(26)27/h2-3,9,11-13,23H,4,6-8,10H2,1H3,(H2,22,28). The number of ether oxygens (including phenoxy) is 1. The molecule has 1 saturated heterocycles. The van der Waals surface area contributed by atoms with Crippen LogP contribution in [-0.4, -0.2) is 40.6 Å². The molecule has 2 atom stereocenters. The lowest BCUT2D eigenvalue weighted by atomic mass is 10.1. The molecule has 1 fully saturated rings. The summed E-state index contributed by atoms with van der Waals surface area (Å²) >= 11 is 0. The number of primary amides is 1. The molecule has 2 aromatic rings. The van der Waals surface area contributed by atoms with Gasteiger partial charge < -0.3 is 20.4 Å². The summed E-state index contributed by atoms with van der Waals surface area (Å²) in [6.07, 6.45) is 2.61. The Morgan fingerprint density at radius 3 is 3.10 bits per heavy atom. The minimum Gasteiger partial charge on any atom is -0.491 e. The number of fused-ring (bicyclic) bond motifs is 3. The molecule has 0 bridgehead atoms. The number of nitrogens with zero attached hydrogens (tertiary/aromatic N) is 4. The zero-order chi connectivity index (χ0) is 20.5. The van der Waals surface area contributed by atoms with Gasteiger partial charge in [0.15, 0.2) is 5.82 Å². The van der Waals surface area contributed by atoms with E-state index in [2.05, 4.69) is 11.4 Å². The third-order valence-electron chi connectivity index (χ3n) is 5.25. The fourth-order valence-corrected chi connectivity index (χ4v) is 3.68. The number of anilines is 2. The van der Waals surface area contributed by atoms with Gasteiger partial charge in [0.1, 0.15) is 24.2 Å². The zero-order valence-corrected chi connectivity index (χ0v) is 16.1. The predicted octanol–water partition coefficient (Wildman–Crippen LogP) is 1.49. The summed E-state index contributed by atoms with van der Waals surface area (Å²) in [5.41, 5.74) is 6.85. The van der Waals surface area contributed by atoms with E-state index < -0.39 is 11.9 Å². The largest absolute Gasteiger partial charge is 0.491 e. The number of hydrogen-bond acceptors (Lipinski definition) is 6. The van der Waals surface area contributed by atoms with Crippen LogP contribution in [0.1, 0.15) is 19.8 Å². The van der Waals surface area contributed by atoms with Crippen LogP contribution in [0.4, 0.5) is 11.5 Å². The molecule has 3 N–H and O–H groups in total. The maximum absolute atomic E-state index is 12.4. The third kappa shape index (κ3) is 3.61. The van der Waals surface area contributed by atoms with Gasteiger partial charge in [-0.2, -0.15) is 5.26 Å². The molecule has 9 heteroatoms. The Balaban J connectivity index is 1.63. The van der Waals surface area contributed by atoms with Crippen LogP contribution in [0.2, 0.25) is 0 Å². The van der Waals surface area contributed by atoms with Crippen molar-refractivity contribution in [3.05, 3.63) is 24.4 Å². The normalized spacial score (nSPS) is 18.8. The highest BCUT2D eigenvalue weighted by Crippen LogP contribution is 2.36. The van der Waals surface area contributed by atoms with Gasteiger partial charge in [-0.25, -0.2) is 4.98 Å². The van der Waals surface area contributed by atoms with Gasteiger partial charge in [-0.05, 0) is 25.0 Å². The Morgan fingerprint density at radius 1 is 1.52 bits per heavy atom. The molecule has 29 heavy (non-hydrogen) atoms.